The number of rotatable bonds is 23. The van der Waals surface area contributed by atoms with Gasteiger partial charge in [-0.2, -0.15) is 114 Å². The second-order valence-corrected chi connectivity index (χ2v) is 20.8. The fraction of sp³-hybridized carbons (Fsp3) is 0.730. The zero-order valence-electron chi connectivity index (χ0n) is 33.8. The molecule has 0 saturated carbocycles. The van der Waals surface area contributed by atoms with Gasteiger partial charge in [0, 0.05) is 0 Å². The summed E-state index contributed by atoms with van der Waals surface area (Å²) in [4.78, 5) is 0. The van der Waals surface area contributed by atoms with E-state index in [0.29, 0.717) is 31.0 Å². The van der Waals surface area contributed by atoms with Crippen molar-refractivity contribution >= 4 is 24.4 Å². The second-order valence-electron chi connectivity index (χ2n) is 15.8. The molecule has 0 amide bonds. The molecule has 0 aliphatic rings. The quantitative estimate of drug-likeness (QED) is 0.0582. The third-order valence-electron chi connectivity index (χ3n) is 9.77. The highest BCUT2D eigenvalue weighted by Crippen LogP contribution is 2.62. The van der Waals surface area contributed by atoms with Crippen LogP contribution in [0.25, 0.3) is 11.1 Å². The summed E-state index contributed by atoms with van der Waals surface area (Å²) in [6.45, 7) is 6.86. The van der Waals surface area contributed by atoms with E-state index in [1.54, 1.807) is 13.8 Å². The minimum absolute atomic E-state index is 0.00523. The third kappa shape index (κ3) is 10.8. The maximum atomic E-state index is 15.3. The normalized spacial score (nSPS) is 15.9. The maximum Gasteiger partial charge on any atom is 0.460 e. The van der Waals surface area contributed by atoms with Gasteiger partial charge in [0.1, 0.15) is 0 Å². The van der Waals surface area contributed by atoms with E-state index in [2.05, 4.69) is 0 Å². The molecule has 0 bridgehead atoms. The molecule has 0 unspecified atom stereocenters. The Kier molecular flexibility index (Phi) is 17.6. The molecular weight excluding hydrogens is 966 g/mol. The van der Waals surface area contributed by atoms with Crippen LogP contribution in [0.2, 0.25) is 19.6 Å². The summed E-state index contributed by atoms with van der Waals surface area (Å²) in [6.07, 6.45) is -19.2. The lowest BCUT2D eigenvalue weighted by atomic mass is 9.89. The van der Waals surface area contributed by atoms with Crippen molar-refractivity contribution in [1.29, 1.82) is 0 Å². The van der Waals surface area contributed by atoms with Crippen LogP contribution >= 0.6 is 0 Å². The minimum Gasteiger partial charge on any atom is -0.195 e. The number of hydrogen-bond donors (Lipinski definition) is 0. The summed E-state index contributed by atoms with van der Waals surface area (Å²) in [5.41, 5.74) is -4.16. The number of unbranched alkanes of at least 4 members (excludes halogenated alkanes) is 6. The van der Waals surface area contributed by atoms with Crippen LogP contribution in [-0.2, 0) is 0 Å². The second kappa shape index (κ2) is 19.0. The Morgan fingerprint density at radius 3 is 1.03 bits per heavy atom. The lowest BCUT2D eigenvalue weighted by molar-refractivity contribution is -0.436. The van der Waals surface area contributed by atoms with Crippen LogP contribution in [0.1, 0.15) is 89.2 Å². The Balaban J connectivity index is 4.37. The molecule has 0 aliphatic carbocycles. The molecule has 0 N–H and O–H groups in total. The molecule has 0 heterocycles. The van der Waals surface area contributed by atoms with E-state index in [9.17, 15) is 96.6 Å². The first-order chi connectivity index (χ1) is 28.2. The summed E-state index contributed by atoms with van der Waals surface area (Å²) < 4.78 is 364. The van der Waals surface area contributed by atoms with Gasteiger partial charge in [0.15, 0.2) is 0 Å². The predicted molar refractivity (Wildman–Crippen MR) is 184 cm³/mol. The van der Waals surface area contributed by atoms with Crippen LogP contribution in [0.4, 0.5) is 114 Å². The van der Waals surface area contributed by atoms with Crippen LogP contribution in [0.3, 0.4) is 0 Å². The molecule has 0 aromatic heterocycles. The van der Waals surface area contributed by atoms with Crippen LogP contribution in [-0.4, -0.2) is 79.7 Å². The molecule has 0 fully saturated rings. The van der Waals surface area contributed by atoms with Crippen molar-refractivity contribution in [2.24, 2.45) is 0 Å². The Morgan fingerprint density at radius 2 is 0.719 bits per heavy atom. The zero-order chi connectivity index (χ0) is 51.0. The van der Waals surface area contributed by atoms with Crippen molar-refractivity contribution in [2.45, 2.75) is 169 Å². The van der Waals surface area contributed by atoms with E-state index >= 15 is 17.6 Å². The summed E-state index contributed by atoms with van der Waals surface area (Å²) in [5, 5.41) is -0.470. The Morgan fingerprint density at radius 1 is 0.406 bits per heavy atom. The molecule has 1 aromatic carbocycles. The Labute approximate surface area is 349 Å². The summed E-state index contributed by atoms with van der Waals surface area (Å²) in [6, 6.07) is 1.55. The third-order valence-corrected chi connectivity index (χ3v) is 11.8. The van der Waals surface area contributed by atoms with Gasteiger partial charge in [0.25, 0.3) is 0 Å². The fourth-order valence-corrected chi connectivity index (χ4v) is 7.54. The van der Waals surface area contributed by atoms with Gasteiger partial charge in [-0.25, -0.2) is 0 Å². The highest BCUT2D eigenvalue weighted by molar-refractivity contribution is 6.89. The minimum atomic E-state index is -8.25. The highest BCUT2D eigenvalue weighted by Gasteiger charge is 2.92. The summed E-state index contributed by atoms with van der Waals surface area (Å²) in [7, 11) is -3.48. The lowest BCUT2D eigenvalue weighted by Gasteiger charge is -2.39. The predicted octanol–water partition coefficient (Wildman–Crippen LogP) is 16.4. The molecular formula is C37H40F26Si. The average Bonchev–Trinajstić information content (AvgIpc) is 3.11. The molecule has 0 aliphatic heterocycles. The van der Waals surface area contributed by atoms with Gasteiger partial charge < -0.3 is 0 Å². The first-order valence-electron chi connectivity index (χ1n) is 18.7. The average molecular weight is 1010 g/mol. The van der Waals surface area contributed by atoms with Crippen LogP contribution in [0, 0.1) is 0 Å². The van der Waals surface area contributed by atoms with Crippen LogP contribution in [0.5, 0.6) is 0 Å². The van der Waals surface area contributed by atoms with E-state index in [1.807, 2.05) is 0 Å². The summed E-state index contributed by atoms with van der Waals surface area (Å²) in [5.74, 6) is -78.0. The van der Waals surface area contributed by atoms with Gasteiger partial charge in [-0.05, 0) is 60.1 Å². The van der Waals surface area contributed by atoms with Crippen molar-refractivity contribution in [3.8, 4) is 0 Å². The lowest BCUT2D eigenvalue weighted by Crippen LogP contribution is -2.69. The maximum absolute atomic E-state index is 15.3. The smallest absolute Gasteiger partial charge is 0.195 e. The van der Waals surface area contributed by atoms with Gasteiger partial charge in [0.05, 0.1) is 8.07 Å². The molecule has 27 heteroatoms. The Hall–Kier alpha value is -2.90. The van der Waals surface area contributed by atoms with Gasteiger partial charge in [-0.3, -0.25) is 0 Å². The van der Waals surface area contributed by atoms with E-state index in [4.69, 9.17) is 0 Å². The van der Waals surface area contributed by atoms with Crippen LogP contribution in [0.15, 0.2) is 30.4 Å². The van der Waals surface area contributed by atoms with Gasteiger partial charge in [-0.1, -0.05) is 95.4 Å². The molecule has 0 atom stereocenters. The number of halogens is 26. The zero-order valence-corrected chi connectivity index (χ0v) is 34.8. The summed E-state index contributed by atoms with van der Waals surface area (Å²) >= 11 is 0. The molecule has 1 rings (SSSR count). The topological polar surface area (TPSA) is 0 Å². The van der Waals surface area contributed by atoms with Crippen molar-refractivity contribution in [1.82, 2.24) is 0 Å². The molecule has 0 spiro atoms. The van der Waals surface area contributed by atoms with Gasteiger partial charge in [0.2, 0.25) is 0 Å². The van der Waals surface area contributed by atoms with Crippen molar-refractivity contribution in [3.63, 3.8) is 0 Å². The van der Waals surface area contributed by atoms with E-state index < -0.39 is 132 Å². The monoisotopic (exact) mass is 1010 g/mol. The molecule has 64 heavy (non-hydrogen) atoms. The first kappa shape index (κ1) is 59.1. The number of alkyl halides is 26. The number of allylic oxidation sites excluding steroid dienone is 4. The van der Waals surface area contributed by atoms with Crippen molar-refractivity contribution in [3.05, 3.63) is 41.5 Å². The largest absolute Gasteiger partial charge is 0.460 e. The highest BCUT2D eigenvalue weighted by atomic mass is 28.3. The molecule has 0 radical (unpaired) electrons. The molecule has 0 saturated heterocycles. The SMILES string of the molecule is CCCCCC/C(=C\C(F)(F)C(F)(F)C(F)(F)C(F)(F)C(F)(F)C(F)(F)F)c1ccc(/C(=C/C(F)(F)C(F)(F)C(F)(F)C(F)(F)C(F)(F)C(F)(F)F)CCCCCC)c([Si](C)(C)C)c1. The van der Waals surface area contributed by atoms with Gasteiger partial charge >= 0.3 is 71.6 Å². The standard InChI is InChI=1S/C37H40F26Si/c1-6-8-10-12-14-22(19-26(38,39)28(42,43)30(46,47)32(50,51)34(54,55)36(58,59)60)21-16-17-24(25(18-21)64(3,4)5)23(15-13-11-9-7-2)20-27(40,41)29(44,45)31(48,49)33(52,53)35(56,57)37(61,62)63/h16-20H,6-15H2,1-5H3/b22-19+,23-20+. The Bertz CT molecular complexity index is 1780. The first-order valence-corrected chi connectivity index (χ1v) is 22.2. The van der Waals surface area contributed by atoms with Crippen LogP contribution < -0.4 is 5.19 Å². The van der Waals surface area contributed by atoms with Crippen molar-refractivity contribution < 1.29 is 114 Å². The molecule has 0 nitrogen and oxygen atoms in total. The molecule has 1 aromatic rings. The fourth-order valence-electron chi connectivity index (χ4n) is 5.90. The van der Waals surface area contributed by atoms with E-state index in [-0.39, 0.29) is 38.5 Å². The van der Waals surface area contributed by atoms with Crippen molar-refractivity contribution in [2.75, 3.05) is 0 Å². The molecule has 374 valence electrons. The van der Waals surface area contributed by atoms with Gasteiger partial charge in [-0.15, -0.1) is 0 Å². The number of hydrogen-bond acceptors (Lipinski definition) is 0. The number of benzene rings is 1. The van der Waals surface area contributed by atoms with E-state index in [0.717, 1.165) is 0 Å². The van der Waals surface area contributed by atoms with E-state index in [1.165, 1.54) is 19.6 Å².